The molecule has 0 bridgehead atoms. The van der Waals surface area contributed by atoms with Gasteiger partial charge in [-0.25, -0.2) is 9.37 Å². The van der Waals surface area contributed by atoms with Crippen LogP contribution in [-0.2, 0) is 0 Å². The van der Waals surface area contributed by atoms with Gasteiger partial charge in [0.2, 0.25) is 5.91 Å². The second-order valence-corrected chi connectivity index (χ2v) is 4.79. The third-order valence-corrected chi connectivity index (χ3v) is 2.93. The van der Waals surface area contributed by atoms with E-state index in [0.29, 0.717) is 0 Å². The molecule has 0 spiro atoms. The second-order valence-electron chi connectivity index (χ2n) is 3.87. The van der Waals surface area contributed by atoms with Gasteiger partial charge in [-0.05, 0) is 46.3 Å². The van der Waals surface area contributed by atoms with Crippen molar-refractivity contribution < 1.29 is 14.0 Å². The first-order chi connectivity index (χ1) is 9.47. The fourth-order valence-electron chi connectivity index (χ4n) is 1.47. The van der Waals surface area contributed by atoms with Gasteiger partial charge in [-0.1, -0.05) is 0 Å². The van der Waals surface area contributed by atoms with E-state index in [0.717, 1.165) is 10.5 Å². The summed E-state index contributed by atoms with van der Waals surface area (Å²) in [4.78, 5) is 26.8. The lowest BCUT2D eigenvalue weighted by Gasteiger charge is -2.07. The normalized spacial score (nSPS) is 10.1. The summed E-state index contributed by atoms with van der Waals surface area (Å²) >= 11 is 3.19. The first-order valence-corrected chi connectivity index (χ1v) is 6.29. The van der Waals surface area contributed by atoms with Crippen LogP contribution in [0.4, 0.5) is 10.1 Å². The number of anilines is 1. The first-order valence-electron chi connectivity index (χ1n) is 5.49. The van der Waals surface area contributed by atoms with Gasteiger partial charge in [0.05, 0.1) is 5.69 Å². The number of rotatable bonds is 3. The number of nitrogens with two attached hydrogens (primary N) is 1. The van der Waals surface area contributed by atoms with Crippen LogP contribution in [0.25, 0.3) is 0 Å². The minimum Gasteiger partial charge on any atom is -0.366 e. The highest BCUT2D eigenvalue weighted by Crippen LogP contribution is 2.17. The monoisotopic (exact) mass is 337 g/mol. The maximum Gasteiger partial charge on any atom is 0.274 e. The Labute approximate surface area is 122 Å². The number of carbonyl (C=O) groups excluding carboxylic acids is 2. The lowest BCUT2D eigenvalue weighted by Crippen LogP contribution is -2.16. The fourth-order valence-corrected chi connectivity index (χ4v) is 1.71. The molecule has 0 saturated carbocycles. The van der Waals surface area contributed by atoms with Crippen molar-refractivity contribution in [3.05, 3.63) is 58.1 Å². The van der Waals surface area contributed by atoms with Gasteiger partial charge in [0.15, 0.2) is 0 Å². The SMILES string of the molecule is NC(=O)c1ccc(F)c(NC(=O)c2ccc(Br)cn2)c1. The Hall–Kier alpha value is -2.28. The average Bonchev–Trinajstić information content (AvgIpc) is 2.41. The zero-order valence-corrected chi connectivity index (χ0v) is 11.6. The minimum atomic E-state index is -0.706. The number of hydrogen-bond acceptors (Lipinski definition) is 3. The summed E-state index contributed by atoms with van der Waals surface area (Å²) < 4.78 is 14.3. The maximum atomic E-state index is 13.6. The van der Waals surface area contributed by atoms with Crippen molar-refractivity contribution in [1.82, 2.24) is 4.98 Å². The average molecular weight is 338 g/mol. The predicted molar refractivity (Wildman–Crippen MR) is 74.8 cm³/mol. The van der Waals surface area contributed by atoms with Crippen LogP contribution in [0.15, 0.2) is 41.0 Å². The van der Waals surface area contributed by atoms with Crippen LogP contribution in [0, 0.1) is 5.82 Å². The molecule has 1 heterocycles. The zero-order valence-electron chi connectivity index (χ0n) is 10.1. The maximum absolute atomic E-state index is 13.6. The number of aromatic nitrogens is 1. The minimum absolute atomic E-state index is 0.102. The van der Waals surface area contributed by atoms with Gasteiger partial charge < -0.3 is 11.1 Å². The van der Waals surface area contributed by atoms with Gasteiger partial charge in [-0.2, -0.15) is 0 Å². The third kappa shape index (κ3) is 3.18. The Morgan fingerprint density at radius 3 is 2.60 bits per heavy atom. The van der Waals surface area contributed by atoms with Crippen LogP contribution in [0.2, 0.25) is 0 Å². The molecular weight excluding hydrogens is 329 g/mol. The fraction of sp³-hybridized carbons (Fsp3) is 0. The highest BCUT2D eigenvalue weighted by Gasteiger charge is 2.12. The molecule has 0 atom stereocenters. The van der Waals surface area contributed by atoms with E-state index in [9.17, 15) is 14.0 Å². The molecule has 0 fully saturated rings. The van der Waals surface area contributed by atoms with E-state index in [2.05, 4.69) is 26.2 Å². The van der Waals surface area contributed by atoms with Gasteiger partial charge in [0.1, 0.15) is 11.5 Å². The summed E-state index contributed by atoms with van der Waals surface area (Å²) in [7, 11) is 0. The number of amides is 2. The molecule has 20 heavy (non-hydrogen) atoms. The predicted octanol–water partition coefficient (Wildman–Crippen LogP) is 2.33. The molecule has 2 rings (SSSR count). The summed E-state index contributed by atoms with van der Waals surface area (Å²) in [6.45, 7) is 0. The Bertz CT molecular complexity index is 674. The van der Waals surface area contributed by atoms with Crippen LogP contribution >= 0.6 is 15.9 Å². The molecule has 0 aliphatic carbocycles. The number of nitrogens with zero attached hydrogens (tertiary/aromatic N) is 1. The summed E-state index contributed by atoms with van der Waals surface area (Å²) in [5.74, 6) is -1.96. The topological polar surface area (TPSA) is 85.1 Å². The molecule has 7 heteroatoms. The smallest absolute Gasteiger partial charge is 0.274 e. The molecule has 0 aliphatic heterocycles. The van der Waals surface area contributed by atoms with E-state index in [1.807, 2.05) is 0 Å². The molecule has 1 aromatic heterocycles. The lowest BCUT2D eigenvalue weighted by molar-refractivity contribution is 0.0995. The Morgan fingerprint density at radius 1 is 1.25 bits per heavy atom. The zero-order chi connectivity index (χ0) is 14.7. The molecular formula is C13H9BrFN3O2. The van der Waals surface area contributed by atoms with Crippen molar-refractivity contribution in [2.24, 2.45) is 5.73 Å². The number of benzene rings is 1. The molecule has 2 aromatic rings. The van der Waals surface area contributed by atoms with E-state index in [4.69, 9.17) is 5.73 Å². The van der Waals surface area contributed by atoms with E-state index < -0.39 is 17.6 Å². The van der Waals surface area contributed by atoms with Crippen molar-refractivity contribution in [2.75, 3.05) is 5.32 Å². The summed E-state index contributed by atoms with van der Waals surface area (Å²) in [5.41, 5.74) is 5.20. The van der Waals surface area contributed by atoms with Crippen molar-refractivity contribution in [2.45, 2.75) is 0 Å². The Balaban J connectivity index is 2.25. The summed E-state index contributed by atoms with van der Waals surface area (Å²) in [5, 5.41) is 2.34. The summed E-state index contributed by atoms with van der Waals surface area (Å²) in [6, 6.07) is 6.59. The van der Waals surface area contributed by atoms with Crippen molar-refractivity contribution >= 4 is 33.4 Å². The van der Waals surface area contributed by atoms with E-state index in [1.54, 1.807) is 6.07 Å². The van der Waals surface area contributed by atoms with Gasteiger partial charge in [0, 0.05) is 16.2 Å². The summed E-state index contributed by atoms with van der Waals surface area (Å²) in [6.07, 6.45) is 1.45. The number of pyridine rings is 1. The first kappa shape index (κ1) is 14.1. The largest absolute Gasteiger partial charge is 0.366 e. The number of carbonyl (C=O) groups is 2. The molecule has 0 aliphatic rings. The van der Waals surface area contributed by atoms with Gasteiger partial charge in [0.25, 0.3) is 5.91 Å². The second kappa shape index (κ2) is 5.79. The Morgan fingerprint density at radius 2 is 2.00 bits per heavy atom. The lowest BCUT2D eigenvalue weighted by atomic mass is 10.2. The number of nitrogens with one attached hydrogen (secondary N) is 1. The molecule has 102 valence electrons. The van der Waals surface area contributed by atoms with Crippen LogP contribution in [0.3, 0.4) is 0 Å². The molecule has 2 amide bonds. The van der Waals surface area contributed by atoms with E-state index in [1.165, 1.54) is 24.4 Å². The van der Waals surface area contributed by atoms with Crippen LogP contribution in [0.5, 0.6) is 0 Å². The van der Waals surface area contributed by atoms with Crippen LogP contribution < -0.4 is 11.1 Å². The van der Waals surface area contributed by atoms with Crippen molar-refractivity contribution in [3.63, 3.8) is 0 Å². The Kier molecular flexibility index (Phi) is 4.09. The highest BCUT2D eigenvalue weighted by atomic mass is 79.9. The quantitative estimate of drug-likeness (QED) is 0.901. The van der Waals surface area contributed by atoms with Gasteiger partial charge in [-0.3, -0.25) is 9.59 Å². The molecule has 1 aromatic carbocycles. The number of halogens is 2. The van der Waals surface area contributed by atoms with Gasteiger partial charge in [-0.15, -0.1) is 0 Å². The molecule has 3 N–H and O–H groups in total. The molecule has 0 unspecified atom stereocenters. The number of primary amides is 1. The van der Waals surface area contributed by atoms with Crippen molar-refractivity contribution in [3.8, 4) is 0 Å². The molecule has 0 saturated heterocycles. The van der Waals surface area contributed by atoms with Crippen LogP contribution in [-0.4, -0.2) is 16.8 Å². The third-order valence-electron chi connectivity index (χ3n) is 2.46. The molecule has 0 radical (unpaired) electrons. The van der Waals surface area contributed by atoms with E-state index in [-0.39, 0.29) is 16.9 Å². The standard InChI is InChI=1S/C13H9BrFN3O2/c14-8-2-4-10(17-6-8)13(20)18-11-5-7(12(16)19)1-3-9(11)15/h1-6H,(H2,16,19)(H,18,20). The van der Waals surface area contributed by atoms with E-state index >= 15 is 0 Å². The highest BCUT2D eigenvalue weighted by molar-refractivity contribution is 9.10. The van der Waals surface area contributed by atoms with Crippen molar-refractivity contribution in [1.29, 1.82) is 0 Å². The number of hydrogen-bond donors (Lipinski definition) is 2. The van der Waals surface area contributed by atoms with Crippen LogP contribution in [0.1, 0.15) is 20.8 Å². The van der Waals surface area contributed by atoms with Gasteiger partial charge >= 0.3 is 0 Å². The molecule has 5 nitrogen and oxygen atoms in total.